The van der Waals surface area contributed by atoms with E-state index in [1.165, 1.54) is 5.56 Å². The lowest BCUT2D eigenvalue weighted by molar-refractivity contribution is 0.152. The number of hydrogen-bond acceptors (Lipinski definition) is 2. The van der Waals surface area contributed by atoms with Crippen molar-refractivity contribution in [3.05, 3.63) is 35.9 Å². The molecule has 1 aromatic rings. The molecule has 0 radical (unpaired) electrons. The lowest BCUT2D eigenvalue weighted by atomic mass is 9.97. The van der Waals surface area contributed by atoms with E-state index in [0.717, 1.165) is 25.2 Å². The molecular weight excluding hydrogens is 174 g/mol. The molecule has 2 heteroatoms. The Balaban J connectivity index is 1.86. The van der Waals surface area contributed by atoms with E-state index in [9.17, 15) is 0 Å². The Morgan fingerprint density at radius 2 is 2.14 bits per heavy atom. The van der Waals surface area contributed by atoms with Crippen LogP contribution in [0.5, 0.6) is 0 Å². The Morgan fingerprint density at radius 3 is 2.79 bits per heavy atom. The molecule has 74 valence electrons. The fourth-order valence-electron chi connectivity index (χ4n) is 1.70. The van der Waals surface area contributed by atoms with Gasteiger partial charge in [0.25, 0.3) is 0 Å². The van der Waals surface area contributed by atoms with Gasteiger partial charge in [0, 0.05) is 5.92 Å². The molecule has 1 aliphatic rings. The molecule has 0 bridgehead atoms. The largest absolute Gasteiger partial charge is 0.395 e. The van der Waals surface area contributed by atoms with E-state index in [2.05, 4.69) is 35.5 Å². The fraction of sp³-hybridized carbons (Fsp3) is 0.417. The molecule has 0 fully saturated rings. The van der Waals surface area contributed by atoms with Gasteiger partial charge in [0.05, 0.1) is 5.71 Å². The third-order valence-corrected chi connectivity index (χ3v) is 2.70. The third-order valence-electron chi connectivity index (χ3n) is 2.70. The second kappa shape index (κ2) is 4.27. The molecule has 0 saturated heterocycles. The number of hydrogen-bond donors (Lipinski definition) is 0. The smallest absolute Gasteiger partial charge is 0.125 e. The zero-order valence-corrected chi connectivity index (χ0v) is 8.44. The molecule has 1 aliphatic heterocycles. The van der Waals surface area contributed by atoms with Crippen molar-refractivity contribution in [2.75, 3.05) is 6.61 Å². The summed E-state index contributed by atoms with van der Waals surface area (Å²) >= 11 is 0. The van der Waals surface area contributed by atoms with Crippen molar-refractivity contribution in [2.45, 2.75) is 19.8 Å². The summed E-state index contributed by atoms with van der Waals surface area (Å²) in [5, 5.41) is 3.95. The summed E-state index contributed by atoms with van der Waals surface area (Å²) < 4.78 is 0. The molecule has 2 rings (SSSR count). The Kier molecular flexibility index (Phi) is 2.82. The first-order chi connectivity index (χ1) is 6.86. The summed E-state index contributed by atoms with van der Waals surface area (Å²) in [4.78, 5) is 5.05. The molecule has 0 aromatic heterocycles. The Labute approximate surface area is 84.6 Å². The topological polar surface area (TPSA) is 21.6 Å². The molecule has 1 atom stereocenters. The van der Waals surface area contributed by atoms with Gasteiger partial charge in [-0.25, -0.2) is 0 Å². The second-order valence-electron chi connectivity index (χ2n) is 3.75. The predicted octanol–water partition coefficient (Wildman–Crippen LogP) is 2.64. The van der Waals surface area contributed by atoms with Gasteiger partial charge in [-0.3, -0.25) is 0 Å². The fourth-order valence-corrected chi connectivity index (χ4v) is 1.70. The number of rotatable bonds is 3. The SMILES string of the molecule is CC1=NOC[C@H]1CCc1ccccc1. The van der Waals surface area contributed by atoms with Gasteiger partial charge in [-0.2, -0.15) is 0 Å². The molecule has 0 amide bonds. The maximum absolute atomic E-state index is 5.05. The lowest BCUT2D eigenvalue weighted by Gasteiger charge is -2.06. The molecule has 0 N–H and O–H groups in total. The van der Waals surface area contributed by atoms with Crippen molar-refractivity contribution in [3.8, 4) is 0 Å². The number of aryl methyl sites for hydroxylation is 1. The van der Waals surface area contributed by atoms with Gasteiger partial charge >= 0.3 is 0 Å². The second-order valence-corrected chi connectivity index (χ2v) is 3.75. The molecular formula is C12H15NO. The van der Waals surface area contributed by atoms with Crippen molar-refractivity contribution in [1.29, 1.82) is 0 Å². The highest BCUT2D eigenvalue weighted by Crippen LogP contribution is 2.16. The molecule has 2 nitrogen and oxygen atoms in total. The summed E-state index contributed by atoms with van der Waals surface area (Å²) in [5.74, 6) is 0.523. The maximum atomic E-state index is 5.05. The van der Waals surface area contributed by atoms with Crippen LogP contribution in [0.25, 0.3) is 0 Å². The molecule has 0 saturated carbocycles. The molecule has 0 unspecified atom stereocenters. The van der Waals surface area contributed by atoms with Gasteiger partial charge in [-0.15, -0.1) is 0 Å². The number of benzene rings is 1. The zero-order valence-electron chi connectivity index (χ0n) is 8.44. The van der Waals surface area contributed by atoms with Crippen molar-refractivity contribution in [2.24, 2.45) is 11.1 Å². The molecule has 1 aromatic carbocycles. The highest BCUT2D eigenvalue weighted by molar-refractivity contribution is 5.84. The van der Waals surface area contributed by atoms with Gasteiger partial charge in [0.1, 0.15) is 6.61 Å². The standard InChI is InChI=1S/C12H15NO/c1-10-12(9-14-13-10)8-7-11-5-3-2-4-6-11/h2-6,12H,7-9H2,1H3/t12-/m1/s1. The first-order valence-corrected chi connectivity index (χ1v) is 5.06. The van der Waals surface area contributed by atoms with Gasteiger partial charge in [-0.1, -0.05) is 35.5 Å². The summed E-state index contributed by atoms with van der Waals surface area (Å²) in [6.07, 6.45) is 2.25. The quantitative estimate of drug-likeness (QED) is 0.716. The van der Waals surface area contributed by atoms with Crippen molar-refractivity contribution < 1.29 is 4.84 Å². The van der Waals surface area contributed by atoms with E-state index in [1.54, 1.807) is 0 Å². The minimum Gasteiger partial charge on any atom is -0.395 e. The van der Waals surface area contributed by atoms with E-state index in [4.69, 9.17) is 4.84 Å². The summed E-state index contributed by atoms with van der Waals surface area (Å²) in [6.45, 7) is 2.81. The number of oxime groups is 1. The van der Waals surface area contributed by atoms with Gasteiger partial charge in [0.2, 0.25) is 0 Å². The van der Waals surface area contributed by atoms with Crippen molar-refractivity contribution in [1.82, 2.24) is 0 Å². The van der Waals surface area contributed by atoms with E-state index in [1.807, 2.05) is 6.92 Å². The third kappa shape index (κ3) is 2.13. The van der Waals surface area contributed by atoms with Crippen LogP contribution in [0, 0.1) is 5.92 Å². The highest BCUT2D eigenvalue weighted by atomic mass is 16.6. The first kappa shape index (κ1) is 9.25. The Morgan fingerprint density at radius 1 is 1.36 bits per heavy atom. The Hall–Kier alpha value is -1.31. The maximum Gasteiger partial charge on any atom is 0.125 e. The van der Waals surface area contributed by atoms with Crippen LogP contribution < -0.4 is 0 Å². The van der Waals surface area contributed by atoms with Gasteiger partial charge < -0.3 is 4.84 Å². The van der Waals surface area contributed by atoms with E-state index < -0.39 is 0 Å². The van der Waals surface area contributed by atoms with E-state index >= 15 is 0 Å². The number of nitrogens with zero attached hydrogens (tertiary/aromatic N) is 1. The minimum atomic E-state index is 0.523. The molecule has 14 heavy (non-hydrogen) atoms. The van der Waals surface area contributed by atoms with Gasteiger partial charge in [-0.05, 0) is 25.3 Å². The van der Waals surface area contributed by atoms with E-state index in [-0.39, 0.29) is 0 Å². The van der Waals surface area contributed by atoms with E-state index in [0.29, 0.717) is 5.92 Å². The zero-order chi connectivity index (χ0) is 9.80. The first-order valence-electron chi connectivity index (χ1n) is 5.06. The summed E-state index contributed by atoms with van der Waals surface area (Å²) in [7, 11) is 0. The lowest BCUT2D eigenvalue weighted by Crippen LogP contribution is -2.10. The van der Waals surface area contributed by atoms with Crippen LogP contribution in [0.3, 0.4) is 0 Å². The average Bonchev–Trinajstić information content (AvgIpc) is 2.63. The van der Waals surface area contributed by atoms with Crippen LogP contribution in [-0.4, -0.2) is 12.3 Å². The summed E-state index contributed by atoms with van der Waals surface area (Å²) in [6, 6.07) is 10.6. The molecule has 0 spiro atoms. The van der Waals surface area contributed by atoms with Crippen LogP contribution in [0.4, 0.5) is 0 Å². The van der Waals surface area contributed by atoms with Gasteiger partial charge in [0.15, 0.2) is 0 Å². The van der Waals surface area contributed by atoms with Crippen molar-refractivity contribution in [3.63, 3.8) is 0 Å². The van der Waals surface area contributed by atoms with Crippen LogP contribution in [0.15, 0.2) is 35.5 Å². The molecule has 0 aliphatic carbocycles. The van der Waals surface area contributed by atoms with Crippen LogP contribution in [0.2, 0.25) is 0 Å². The monoisotopic (exact) mass is 189 g/mol. The summed E-state index contributed by atoms with van der Waals surface area (Å²) in [5.41, 5.74) is 2.54. The Bertz CT molecular complexity index is 318. The van der Waals surface area contributed by atoms with Crippen LogP contribution in [0.1, 0.15) is 18.9 Å². The predicted molar refractivity (Wildman–Crippen MR) is 57.3 cm³/mol. The molecule has 1 heterocycles. The average molecular weight is 189 g/mol. The van der Waals surface area contributed by atoms with Crippen LogP contribution in [-0.2, 0) is 11.3 Å². The normalized spacial score (nSPS) is 20.4. The van der Waals surface area contributed by atoms with Crippen LogP contribution >= 0.6 is 0 Å². The highest BCUT2D eigenvalue weighted by Gasteiger charge is 2.18. The minimum absolute atomic E-state index is 0.523. The van der Waals surface area contributed by atoms with Crippen molar-refractivity contribution >= 4 is 5.71 Å².